The van der Waals surface area contributed by atoms with Crippen LogP contribution in [0.25, 0.3) is 0 Å². The van der Waals surface area contributed by atoms with E-state index in [4.69, 9.17) is 11.6 Å². The van der Waals surface area contributed by atoms with Crippen LogP contribution in [0.2, 0.25) is 4.34 Å². The van der Waals surface area contributed by atoms with Crippen molar-refractivity contribution in [3.8, 4) is 0 Å². The van der Waals surface area contributed by atoms with Crippen LogP contribution in [0.4, 0.5) is 14.5 Å². The van der Waals surface area contributed by atoms with E-state index in [0.29, 0.717) is 10.0 Å². The number of benzene rings is 1. The first kappa shape index (κ1) is 13.0. The molecule has 0 saturated carbocycles. The van der Waals surface area contributed by atoms with Gasteiger partial charge in [-0.05, 0) is 31.2 Å². The molecule has 0 saturated heterocycles. The van der Waals surface area contributed by atoms with E-state index >= 15 is 0 Å². The number of anilines is 1. The molecular weight excluding hydrogens is 278 g/mol. The number of halogens is 3. The van der Waals surface area contributed by atoms with Crippen LogP contribution >= 0.6 is 22.9 Å². The average Bonchev–Trinajstić information content (AvgIpc) is 2.74. The maximum absolute atomic E-state index is 13.3. The molecule has 1 heterocycles. The lowest BCUT2D eigenvalue weighted by molar-refractivity contribution is 0.585. The zero-order valence-electron chi connectivity index (χ0n) is 9.38. The van der Waals surface area contributed by atoms with E-state index in [1.54, 1.807) is 13.0 Å². The van der Waals surface area contributed by atoms with E-state index in [2.05, 4.69) is 10.5 Å². The Balaban J connectivity index is 2.15. The topological polar surface area (TPSA) is 24.4 Å². The first-order valence-corrected chi connectivity index (χ1v) is 6.27. The lowest BCUT2D eigenvalue weighted by Crippen LogP contribution is -1.99. The monoisotopic (exact) mass is 286 g/mol. The molecule has 18 heavy (non-hydrogen) atoms. The molecule has 0 unspecified atom stereocenters. The fraction of sp³-hybridized carbons (Fsp3) is 0.0833. The Labute approximate surface area is 112 Å². The number of nitrogens with zero attached hydrogens (tertiary/aromatic N) is 1. The Morgan fingerprint density at radius 1 is 1.28 bits per heavy atom. The highest BCUT2D eigenvalue weighted by atomic mass is 35.5. The fourth-order valence-electron chi connectivity index (χ4n) is 1.29. The number of hydrogen-bond acceptors (Lipinski definition) is 3. The lowest BCUT2D eigenvalue weighted by Gasteiger charge is -2.03. The van der Waals surface area contributed by atoms with Gasteiger partial charge < -0.3 is 0 Å². The Kier molecular flexibility index (Phi) is 3.93. The molecule has 0 aliphatic rings. The molecule has 6 heteroatoms. The third kappa shape index (κ3) is 3.05. The van der Waals surface area contributed by atoms with Gasteiger partial charge >= 0.3 is 0 Å². The molecule has 0 amide bonds. The van der Waals surface area contributed by atoms with Gasteiger partial charge in [-0.25, -0.2) is 8.78 Å². The number of thiophene rings is 1. The van der Waals surface area contributed by atoms with Gasteiger partial charge in [-0.15, -0.1) is 11.3 Å². The maximum Gasteiger partial charge on any atom is 0.151 e. The van der Waals surface area contributed by atoms with Gasteiger partial charge in [0, 0.05) is 6.07 Å². The van der Waals surface area contributed by atoms with Crippen molar-refractivity contribution in [1.29, 1.82) is 0 Å². The van der Waals surface area contributed by atoms with Crippen LogP contribution in [-0.2, 0) is 0 Å². The molecule has 2 rings (SSSR count). The zero-order chi connectivity index (χ0) is 13.1. The number of hydrazone groups is 1. The quantitative estimate of drug-likeness (QED) is 0.651. The molecule has 1 N–H and O–H groups in total. The van der Waals surface area contributed by atoms with Crippen molar-refractivity contribution in [2.24, 2.45) is 5.10 Å². The molecular formula is C12H9ClF2N2S. The summed E-state index contributed by atoms with van der Waals surface area (Å²) in [5, 5.41) is 4.02. The summed E-state index contributed by atoms with van der Waals surface area (Å²) in [5.41, 5.74) is 3.36. The summed E-state index contributed by atoms with van der Waals surface area (Å²) in [7, 11) is 0. The summed E-state index contributed by atoms with van der Waals surface area (Å²) in [6.45, 7) is 1.77. The van der Waals surface area contributed by atoms with E-state index in [9.17, 15) is 8.78 Å². The predicted octanol–water partition coefficient (Wildman–Crippen LogP) is 4.52. The van der Waals surface area contributed by atoms with Gasteiger partial charge in [-0.2, -0.15) is 5.10 Å². The van der Waals surface area contributed by atoms with Crippen LogP contribution in [0.3, 0.4) is 0 Å². The Bertz CT molecular complexity index is 596. The summed E-state index contributed by atoms with van der Waals surface area (Å²) in [4.78, 5) is 0.884. The Hall–Kier alpha value is -1.46. The first-order valence-electron chi connectivity index (χ1n) is 5.07. The van der Waals surface area contributed by atoms with Crippen LogP contribution in [0, 0.1) is 11.6 Å². The summed E-state index contributed by atoms with van der Waals surface area (Å²) in [6, 6.07) is 6.85. The van der Waals surface area contributed by atoms with Crippen LogP contribution < -0.4 is 5.43 Å². The van der Waals surface area contributed by atoms with Gasteiger partial charge in [0.05, 0.1) is 20.6 Å². The largest absolute Gasteiger partial charge is 0.275 e. The second-order valence-electron chi connectivity index (χ2n) is 3.54. The summed E-state index contributed by atoms with van der Waals surface area (Å²) in [5.74, 6) is -1.31. The summed E-state index contributed by atoms with van der Waals surface area (Å²) >= 11 is 7.18. The highest BCUT2D eigenvalue weighted by molar-refractivity contribution is 7.18. The van der Waals surface area contributed by atoms with Crippen LogP contribution in [0.1, 0.15) is 11.8 Å². The van der Waals surface area contributed by atoms with Gasteiger partial charge in [0.15, 0.2) is 5.82 Å². The van der Waals surface area contributed by atoms with Crippen LogP contribution in [-0.4, -0.2) is 5.71 Å². The summed E-state index contributed by atoms with van der Waals surface area (Å²) in [6.07, 6.45) is 0. The minimum absolute atomic E-state index is 0.124. The molecule has 0 spiro atoms. The fourth-order valence-corrected chi connectivity index (χ4v) is 2.28. The second kappa shape index (κ2) is 5.46. The summed E-state index contributed by atoms with van der Waals surface area (Å²) < 4.78 is 26.7. The second-order valence-corrected chi connectivity index (χ2v) is 5.25. The highest BCUT2D eigenvalue weighted by Gasteiger charge is 2.04. The molecule has 0 fully saturated rings. The number of nitrogens with one attached hydrogen (secondary N) is 1. The highest BCUT2D eigenvalue weighted by Crippen LogP contribution is 2.22. The van der Waals surface area contributed by atoms with Crippen molar-refractivity contribution < 1.29 is 8.78 Å². The number of hydrogen-bond donors (Lipinski definition) is 1. The third-order valence-corrected chi connectivity index (χ3v) is 3.54. The lowest BCUT2D eigenvalue weighted by atomic mass is 10.3. The van der Waals surface area contributed by atoms with Crippen molar-refractivity contribution in [3.05, 3.63) is 51.2 Å². The Morgan fingerprint density at radius 3 is 2.67 bits per heavy atom. The van der Waals surface area contributed by atoms with Gasteiger partial charge in [0.1, 0.15) is 5.82 Å². The smallest absolute Gasteiger partial charge is 0.151 e. The van der Waals surface area contributed by atoms with E-state index in [1.807, 2.05) is 6.07 Å². The van der Waals surface area contributed by atoms with Gasteiger partial charge in [-0.3, -0.25) is 5.43 Å². The zero-order valence-corrected chi connectivity index (χ0v) is 10.9. The molecule has 1 aromatic carbocycles. The predicted molar refractivity (Wildman–Crippen MR) is 71.5 cm³/mol. The van der Waals surface area contributed by atoms with E-state index < -0.39 is 11.6 Å². The molecule has 1 aromatic heterocycles. The third-order valence-electron chi connectivity index (χ3n) is 2.20. The van der Waals surface area contributed by atoms with E-state index in [-0.39, 0.29) is 5.69 Å². The molecule has 0 aliphatic heterocycles. The normalized spacial score (nSPS) is 11.7. The SMILES string of the molecule is C/C(=N\Nc1ccc(F)cc1F)c1ccc(Cl)s1. The van der Waals surface area contributed by atoms with E-state index in [1.165, 1.54) is 17.4 Å². The maximum atomic E-state index is 13.3. The van der Waals surface area contributed by atoms with Gasteiger partial charge in [-0.1, -0.05) is 11.6 Å². The first-order chi connectivity index (χ1) is 8.56. The van der Waals surface area contributed by atoms with Crippen LogP contribution in [0.5, 0.6) is 0 Å². The van der Waals surface area contributed by atoms with E-state index in [0.717, 1.165) is 17.0 Å². The molecule has 94 valence electrons. The average molecular weight is 287 g/mol. The molecule has 0 aliphatic carbocycles. The molecule has 0 radical (unpaired) electrons. The van der Waals surface area contributed by atoms with Crippen molar-refractivity contribution >= 4 is 34.3 Å². The van der Waals surface area contributed by atoms with Gasteiger partial charge in [0.2, 0.25) is 0 Å². The van der Waals surface area contributed by atoms with Crippen molar-refractivity contribution in [2.45, 2.75) is 6.92 Å². The van der Waals surface area contributed by atoms with Crippen LogP contribution in [0.15, 0.2) is 35.4 Å². The number of rotatable bonds is 3. The molecule has 0 bridgehead atoms. The molecule has 2 aromatic rings. The van der Waals surface area contributed by atoms with Crippen molar-refractivity contribution in [2.75, 3.05) is 5.43 Å². The minimum atomic E-state index is -0.684. The standard InChI is InChI=1S/C12H9ClF2N2S/c1-7(11-4-5-12(13)18-11)16-17-10-3-2-8(14)6-9(10)15/h2-6,17H,1H3/b16-7+. The molecule has 0 atom stereocenters. The Morgan fingerprint density at radius 2 is 2.06 bits per heavy atom. The van der Waals surface area contributed by atoms with Gasteiger partial charge in [0.25, 0.3) is 0 Å². The minimum Gasteiger partial charge on any atom is -0.275 e. The van der Waals surface area contributed by atoms with Crippen molar-refractivity contribution in [3.63, 3.8) is 0 Å². The molecule has 2 nitrogen and oxygen atoms in total. The van der Waals surface area contributed by atoms with Crippen molar-refractivity contribution in [1.82, 2.24) is 0 Å².